The molecule has 4 rings (SSSR count). The summed E-state index contributed by atoms with van der Waals surface area (Å²) in [5, 5.41) is 0.530. The lowest BCUT2D eigenvalue weighted by Gasteiger charge is -2.16. The number of benzene rings is 2. The van der Waals surface area contributed by atoms with Crippen LogP contribution in [0.1, 0.15) is 26.5 Å². The van der Waals surface area contributed by atoms with Crippen molar-refractivity contribution in [2.24, 2.45) is 0 Å². The van der Waals surface area contributed by atoms with E-state index in [2.05, 4.69) is 9.97 Å². The average Bonchev–Trinajstić information content (AvgIpc) is 3.33. The number of amides is 1. The Hall–Kier alpha value is -2.97. The van der Waals surface area contributed by atoms with Crippen LogP contribution in [0.25, 0.3) is 11.0 Å². The van der Waals surface area contributed by atoms with E-state index in [1.807, 2.05) is 0 Å². The number of methoxy groups -OCH3 is 1. The first-order chi connectivity index (χ1) is 14.4. The number of nitrogens with one attached hydrogen (secondary N) is 1. The molecular weight excluding hydrogens is 413 g/mol. The van der Waals surface area contributed by atoms with Gasteiger partial charge < -0.3 is 19.4 Å². The van der Waals surface area contributed by atoms with Gasteiger partial charge in [-0.1, -0.05) is 11.6 Å². The molecule has 1 fully saturated rings. The van der Waals surface area contributed by atoms with Crippen LogP contribution in [0.4, 0.5) is 4.39 Å². The lowest BCUT2D eigenvalue weighted by molar-refractivity contribution is 0.00887. The number of rotatable bonds is 5. The number of carbonyl (C=O) groups is 2. The molecule has 0 unspecified atom stereocenters. The van der Waals surface area contributed by atoms with E-state index in [1.165, 1.54) is 12.0 Å². The Labute approximate surface area is 176 Å². The number of ether oxygens (including phenoxy) is 2. The van der Waals surface area contributed by atoms with Crippen LogP contribution in [0.2, 0.25) is 5.02 Å². The van der Waals surface area contributed by atoms with Crippen LogP contribution in [0.3, 0.4) is 0 Å². The monoisotopic (exact) mass is 431 g/mol. The number of imidazole rings is 1. The van der Waals surface area contributed by atoms with Crippen LogP contribution in [0.5, 0.6) is 0 Å². The van der Waals surface area contributed by atoms with Gasteiger partial charge in [0.2, 0.25) is 0 Å². The minimum absolute atomic E-state index is 0.0330. The van der Waals surface area contributed by atoms with Crippen molar-refractivity contribution < 1.29 is 23.5 Å². The summed E-state index contributed by atoms with van der Waals surface area (Å²) in [7, 11) is 1.31. The topological polar surface area (TPSA) is 84.5 Å². The Morgan fingerprint density at radius 1 is 1.20 bits per heavy atom. The van der Waals surface area contributed by atoms with Gasteiger partial charge in [-0.05, 0) is 42.5 Å². The fourth-order valence-corrected chi connectivity index (χ4v) is 3.52. The number of aromatic amines is 1. The van der Waals surface area contributed by atoms with E-state index in [4.69, 9.17) is 21.1 Å². The molecule has 2 aromatic carbocycles. The lowest BCUT2D eigenvalue weighted by Crippen LogP contribution is -2.30. The third kappa shape index (κ3) is 4.15. The molecule has 9 heteroatoms. The Kier molecular flexibility index (Phi) is 5.69. The second-order valence-corrected chi connectivity index (χ2v) is 7.43. The Morgan fingerprint density at radius 3 is 2.67 bits per heavy atom. The molecule has 0 bridgehead atoms. The van der Waals surface area contributed by atoms with Crippen molar-refractivity contribution in [3.8, 4) is 0 Å². The molecule has 2 heterocycles. The number of hydrogen-bond donors (Lipinski definition) is 1. The predicted molar refractivity (Wildman–Crippen MR) is 108 cm³/mol. The van der Waals surface area contributed by atoms with Crippen molar-refractivity contribution in [2.75, 3.05) is 20.2 Å². The second kappa shape index (κ2) is 8.41. The maximum absolute atomic E-state index is 14.4. The molecule has 3 aromatic rings. The molecule has 7 nitrogen and oxygen atoms in total. The quantitative estimate of drug-likeness (QED) is 0.626. The van der Waals surface area contributed by atoms with Gasteiger partial charge in [0, 0.05) is 10.6 Å². The van der Waals surface area contributed by atoms with Crippen molar-refractivity contribution in [3.05, 3.63) is 64.4 Å². The van der Waals surface area contributed by atoms with E-state index in [1.54, 1.807) is 42.5 Å². The standard InChI is InChI=1S/C21H19ClFN3O4/c1-29-21(28)13-4-7-16-17(8-13)25-19(24-16)11-30-18-10-26(9-15(18)23)20(27)12-2-5-14(22)6-3-12/h2-8,15,18H,9-11H2,1H3,(H,24,25)/t15-,18+/m1/s1. The highest BCUT2D eigenvalue weighted by atomic mass is 35.5. The van der Waals surface area contributed by atoms with Crippen LogP contribution in [-0.4, -0.2) is 59.2 Å². The molecule has 0 saturated carbocycles. The van der Waals surface area contributed by atoms with E-state index < -0.39 is 18.2 Å². The smallest absolute Gasteiger partial charge is 0.337 e. The number of H-pyrrole nitrogens is 1. The molecule has 156 valence electrons. The van der Waals surface area contributed by atoms with Gasteiger partial charge in [0.05, 0.1) is 36.8 Å². The van der Waals surface area contributed by atoms with E-state index in [0.717, 1.165) is 0 Å². The molecule has 0 aliphatic carbocycles. The molecule has 1 saturated heterocycles. The van der Waals surface area contributed by atoms with Crippen molar-refractivity contribution in [1.82, 2.24) is 14.9 Å². The molecule has 1 N–H and O–H groups in total. The van der Waals surface area contributed by atoms with Gasteiger partial charge in [0.1, 0.15) is 24.7 Å². The largest absolute Gasteiger partial charge is 0.465 e. The average molecular weight is 432 g/mol. The molecule has 1 aromatic heterocycles. The van der Waals surface area contributed by atoms with E-state index >= 15 is 0 Å². The summed E-state index contributed by atoms with van der Waals surface area (Å²) in [6.07, 6.45) is -2.04. The molecule has 0 radical (unpaired) electrons. The van der Waals surface area contributed by atoms with E-state index in [9.17, 15) is 14.0 Å². The number of alkyl halides is 1. The Morgan fingerprint density at radius 2 is 1.93 bits per heavy atom. The van der Waals surface area contributed by atoms with Gasteiger partial charge in [0.25, 0.3) is 5.91 Å². The van der Waals surface area contributed by atoms with Gasteiger partial charge in [0.15, 0.2) is 0 Å². The molecule has 1 aliphatic rings. The number of halogens is 2. The van der Waals surface area contributed by atoms with Crippen LogP contribution in [-0.2, 0) is 16.1 Å². The summed E-state index contributed by atoms with van der Waals surface area (Å²) < 4.78 is 24.8. The second-order valence-electron chi connectivity index (χ2n) is 6.99. The van der Waals surface area contributed by atoms with Gasteiger partial charge in [-0.2, -0.15) is 0 Å². The molecular formula is C21H19ClFN3O4. The normalized spacial score (nSPS) is 18.7. The highest BCUT2D eigenvalue weighted by Crippen LogP contribution is 2.22. The van der Waals surface area contributed by atoms with Crippen molar-refractivity contribution in [3.63, 3.8) is 0 Å². The van der Waals surface area contributed by atoms with Crippen LogP contribution < -0.4 is 0 Å². The van der Waals surface area contributed by atoms with Crippen LogP contribution in [0.15, 0.2) is 42.5 Å². The summed E-state index contributed by atoms with van der Waals surface area (Å²) in [6, 6.07) is 11.4. The first-order valence-corrected chi connectivity index (χ1v) is 9.70. The number of carbonyl (C=O) groups excluding carboxylic acids is 2. The maximum atomic E-state index is 14.4. The molecule has 2 atom stereocenters. The maximum Gasteiger partial charge on any atom is 0.337 e. The lowest BCUT2D eigenvalue weighted by atomic mass is 10.2. The van der Waals surface area contributed by atoms with Gasteiger partial charge in [-0.25, -0.2) is 14.2 Å². The zero-order valence-electron chi connectivity index (χ0n) is 16.1. The summed E-state index contributed by atoms with van der Waals surface area (Å²) in [6.45, 7) is 0.167. The number of aromatic nitrogens is 2. The number of nitrogens with zero attached hydrogens (tertiary/aromatic N) is 2. The zero-order valence-corrected chi connectivity index (χ0v) is 16.9. The van der Waals surface area contributed by atoms with Gasteiger partial charge >= 0.3 is 5.97 Å². The Balaban J connectivity index is 1.39. The molecule has 0 spiro atoms. The van der Waals surface area contributed by atoms with Crippen LogP contribution in [0, 0.1) is 0 Å². The highest BCUT2D eigenvalue weighted by molar-refractivity contribution is 6.30. The summed E-state index contributed by atoms with van der Waals surface area (Å²) in [4.78, 5) is 33.1. The number of hydrogen-bond acceptors (Lipinski definition) is 5. The summed E-state index contributed by atoms with van der Waals surface area (Å²) in [5.41, 5.74) is 2.16. The summed E-state index contributed by atoms with van der Waals surface area (Å²) >= 11 is 5.85. The van der Waals surface area contributed by atoms with Crippen molar-refractivity contribution >= 4 is 34.5 Å². The number of esters is 1. The van der Waals surface area contributed by atoms with Crippen LogP contribution >= 0.6 is 11.6 Å². The van der Waals surface area contributed by atoms with Gasteiger partial charge in [-0.15, -0.1) is 0 Å². The van der Waals surface area contributed by atoms with E-state index in [0.29, 0.717) is 33.0 Å². The first-order valence-electron chi connectivity index (χ1n) is 9.32. The molecule has 30 heavy (non-hydrogen) atoms. The fraction of sp³-hybridized carbons (Fsp3) is 0.286. The van der Waals surface area contributed by atoms with Crippen molar-refractivity contribution in [1.29, 1.82) is 0 Å². The van der Waals surface area contributed by atoms with E-state index in [-0.39, 0.29) is 25.6 Å². The number of fused-ring (bicyclic) bond motifs is 1. The minimum atomic E-state index is -1.29. The molecule has 1 aliphatic heterocycles. The fourth-order valence-electron chi connectivity index (χ4n) is 3.39. The SMILES string of the molecule is COC(=O)c1ccc2nc(CO[C@H]3CN(C(=O)c4ccc(Cl)cc4)C[C@H]3F)[nH]c2c1. The summed E-state index contributed by atoms with van der Waals surface area (Å²) in [5.74, 6) is -0.206. The highest BCUT2D eigenvalue weighted by Gasteiger charge is 2.36. The van der Waals surface area contributed by atoms with Gasteiger partial charge in [-0.3, -0.25) is 4.79 Å². The minimum Gasteiger partial charge on any atom is -0.465 e. The third-order valence-corrected chi connectivity index (χ3v) is 5.22. The Bertz CT molecular complexity index is 1090. The molecule has 1 amide bonds. The zero-order chi connectivity index (χ0) is 21.3. The van der Waals surface area contributed by atoms with Crippen molar-refractivity contribution in [2.45, 2.75) is 18.9 Å². The third-order valence-electron chi connectivity index (χ3n) is 4.96. The first kappa shape index (κ1) is 20.3. The number of likely N-dealkylation sites (tertiary alicyclic amines) is 1. The predicted octanol–water partition coefficient (Wildman–Crippen LogP) is 3.38.